The highest BCUT2D eigenvalue weighted by Gasteiger charge is 2.11. The summed E-state index contributed by atoms with van der Waals surface area (Å²) in [7, 11) is 0. The van der Waals surface area contributed by atoms with Gasteiger partial charge in [-0.15, -0.1) is 5.10 Å². The van der Waals surface area contributed by atoms with E-state index < -0.39 is 0 Å². The molecule has 2 aromatic heterocycles. The van der Waals surface area contributed by atoms with Crippen molar-refractivity contribution in [2.45, 2.75) is 6.54 Å². The Balaban J connectivity index is 1.62. The molecule has 0 atom stereocenters. The Morgan fingerprint density at radius 3 is 2.84 bits per heavy atom. The number of hydrogen-bond acceptors (Lipinski definition) is 5. The fraction of sp³-hybridized carbons (Fsp3) is 0.0556. The minimum absolute atomic E-state index is 0.210. The zero-order chi connectivity index (χ0) is 17.2. The van der Waals surface area contributed by atoms with E-state index in [-0.39, 0.29) is 18.0 Å². The Morgan fingerprint density at radius 2 is 1.92 bits per heavy atom. The van der Waals surface area contributed by atoms with Crippen LogP contribution in [-0.2, 0) is 11.3 Å². The molecule has 4 rings (SSSR count). The third kappa shape index (κ3) is 2.83. The van der Waals surface area contributed by atoms with E-state index in [2.05, 4.69) is 20.6 Å². The third-order valence-corrected chi connectivity index (χ3v) is 3.88. The zero-order valence-corrected chi connectivity index (χ0v) is 13.1. The molecular weight excluding hydrogens is 318 g/mol. The van der Waals surface area contributed by atoms with Crippen molar-refractivity contribution in [1.82, 2.24) is 20.0 Å². The molecule has 1 amide bonds. The summed E-state index contributed by atoms with van der Waals surface area (Å²) in [5.41, 5.74) is 0.820. The molecule has 4 aromatic rings. The minimum atomic E-state index is -0.351. The highest BCUT2D eigenvalue weighted by atomic mass is 16.2. The van der Waals surface area contributed by atoms with Crippen LogP contribution in [0.4, 0.5) is 5.69 Å². The Labute approximate surface area is 141 Å². The second-order valence-corrected chi connectivity index (χ2v) is 5.52. The summed E-state index contributed by atoms with van der Waals surface area (Å²) in [5, 5.41) is 12.9. The number of rotatable bonds is 3. The SMILES string of the molecule is O=C(Cn1nnc2ccccc2c1=O)Nc1cccc2cnccc12. The molecule has 25 heavy (non-hydrogen) atoms. The van der Waals surface area contributed by atoms with Crippen molar-refractivity contribution in [2.75, 3.05) is 5.32 Å². The van der Waals surface area contributed by atoms with E-state index in [0.717, 1.165) is 15.5 Å². The maximum Gasteiger partial charge on any atom is 0.278 e. The summed E-state index contributed by atoms with van der Waals surface area (Å²) in [6, 6.07) is 14.3. The van der Waals surface area contributed by atoms with Crippen LogP contribution in [0, 0.1) is 0 Å². The number of nitrogens with one attached hydrogen (secondary N) is 1. The van der Waals surface area contributed by atoms with Crippen molar-refractivity contribution in [1.29, 1.82) is 0 Å². The van der Waals surface area contributed by atoms with Gasteiger partial charge in [0.15, 0.2) is 0 Å². The number of benzene rings is 2. The number of carbonyl (C=O) groups is 1. The summed E-state index contributed by atoms with van der Waals surface area (Å²) in [6.07, 6.45) is 3.39. The molecule has 0 radical (unpaired) electrons. The van der Waals surface area contributed by atoms with Crippen LogP contribution < -0.4 is 10.9 Å². The quantitative estimate of drug-likeness (QED) is 0.620. The van der Waals surface area contributed by atoms with Crippen molar-refractivity contribution in [3.63, 3.8) is 0 Å². The van der Waals surface area contributed by atoms with E-state index in [1.54, 1.807) is 42.7 Å². The lowest BCUT2D eigenvalue weighted by atomic mass is 10.1. The van der Waals surface area contributed by atoms with Crippen molar-refractivity contribution in [2.24, 2.45) is 0 Å². The van der Waals surface area contributed by atoms with Gasteiger partial charge in [0.2, 0.25) is 5.91 Å². The zero-order valence-electron chi connectivity index (χ0n) is 13.1. The Morgan fingerprint density at radius 1 is 1.04 bits per heavy atom. The second-order valence-electron chi connectivity index (χ2n) is 5.52. The van der Waals surface area contributed by atoms with Crippen molar-refractivity contribution < 1.29 is 4.79 Å². The summed E-state index contributed by atoms with van der Waals surface area (Å²) >= 11 is 0. The molecule has 0 spiro atoms. The molecule has 0 saturated carbocycles. The number of fused-ring (bicyclic) bond motifs is 2. The van der Waals surface area contributed by atoms with Gasteiger partial charge in [0.1, 0.15) is 12.1 Å². The largest absolute Gasteiger partial charge is 0.324 e. The van der Waals surface area contributed by atoms with Crippen LogP contribution in [0.25, 0.3) is 21.7 Å². The van der Waals surface area contributed by atoms with Gasteiger partial charge in [-0.3, -0.25) is 14.6 Å². The number of carbonyl (C=O) groups excluding carboxylic acids is 1. The van der Waals surface area contributed by atoms with E-state index in [1.165, 1.54) is 0 Å². The highest BCUT2D eigenvalue weighted by Crippen LogP contribution is 2.22. The fourth-order valence-corrected chi connectivity index (χ4v) is 2.68. The van der Waals surface area contributed by atoms with Gasteiger partial charge in [-0.2, -0.15) is 0 Å². The van der Waals surface area contributed by atoms with Gasteiger partial charge in [-0.25, -0.2) is 4.68 Å². The average molecular weight is 331 g/mol. The summed E-state index contributed by atoms with van der Waals surface area (Å²) in [6.45, 7) is -0.210. The van der Waals surface area contributed by atoms with Crippen LogP contribution in [0.2, 0.25) is 0 Å². The Hall–Kier alpha value is -3.61. The predicted molar refractivity (Wildman–Crippen MR) is 94.2 cm³/mol. The van der Waals surface area contributed by atoms with Gasteiger partial charge in [-0.05, 0) is 24.3 Å². The van der Waals surface area contributed by atoms with Crippen LogP contribution in [0.3, 0.4) is 0 Å². The lowest BCUT2D eigenvalue weighted by molar-refractivity contribution is -0.117. The maximum atomic E-state index is 12.4. The van der Waals surface area contributed by atoms with E-state index >= 15 is 0 Å². The van der Waals surface area contributed by atoms with Crippen molar-refractivity contribution in [3.05, 3.63) is 71.3 Å². The Kier molecular flexibility index (Phi) is 3.66. The number of pyridine rings is 1. The molecule has 7 heteroatoms. The predicted octanol–water partition coefficient (Wildman–Crippen LogP) is 1.98. The molecule has 0 aliphatic rings. The number of aromatic nitrogens is 4. The van der Waals surface area contributed by atoms with E-state index in [1.807, 2.05) is 18.2 Å². The second kappa shape index (κ2) is 6.12. The summed E-state index contributed by atoms with van der Waals surface area (Å²) in [5.74, 6) is -0.351. The van der Waals surface area contributed by atoms with Gasteiger partial charge in [0, 0.05) is 28.9 Å². The molecule has 0 aliphatic carbocycles. The first-order valence-electron chi connectivity index (χ1n) is 7.67. The molecule has 2 aromatic carbocycles. The lowest BCUT2D eigenvalue weighted by Crippen LogP contribution is -2.30. The van der Waals surface area contributed by atoms with Crippen molar-refractivity contribution in [3.8, 4) is 0 Å². The monoisotopic (exact) mass is 331 g/mol. The molecular formula is C18H13N5O2. The Bertz CT molecular complexity index is 1150. The van der Waals surface area contributed by atoms with Crippen LogP contribution >= 0.6 is 0 Å². The van der Waals surface area contributed by atoms with E-state index in [9.17, 15) is 9.59 Å². The maximum absolute atomic E-state index is 12.4. The lowest BCUT2D eigenvalue weighted by Gasteiger charge is -2.09. The van der Waals surface area contributed by atoms with Crippen LogP contribution in [0.15, 0.2) is 65.7 Å². The van der Waals surface area contributed by atoms with Gasteiger partial charge >= 0.3 is 0 Å². The van der Waals surface area contributed by atoms with Gasteiger partial charge in [0.05, 0.1) is 5.39 Å². The van der Waals surface area contributed by atoms with Gasteiger partial charge in [0.25, 0.3) is 5.56 Å². The number of anilines is 1. The topological polar surface area (TPSA) is 89.8 Å². The molecule has 122 valence electrons. The van der Waals surface area contributed by atoms with Crippen LogP contribution in [0.1, 0.15) is 0 Å². The standard InChI is InChI=1S/C18H13N5O2/c24-17(20-15-7-3-4-12-10-19-9-8-13(12)15)11-23-18(25)14-5-1-2-6-16(14)21-22-23/h1-10H,11H2,(H,20,24). The van der Waals surface area contributed by atoms with E-state index in [4.69, 9.17) is 0 Å². The minimum Gasteiger partial charge on any atom is -0.324 e. The smallest absolute Gasteiger partial charge is 0.278 e. The highest BCUT2D eigenvalue weighted by molar-refractivity contribution is 6.01. The first-order valence-corrected chi connectivity index (χ1v) is 7.67. The molecule has 0 bridgehead atoms. The fourth-order valence-electron chi connectivity index (χ4n) is 2.68. The number of amides is 1. The molecule has 7 nitrogen and oxygen atoms in total. The number of hydrogen-bond donors (Lipinski definition) is 1. The molecule has 0 aliphatic heterocycles. The normalized spacial score (nSPS) is 10.9. The average Bonchev–Trinajstić information content (AvgIpc) is 2.65. The van der Waals surface area contributed by atoms with Gasteiger partial charge in [-0.1, -0.05) is 29.5 Å². The summed E-state index contributed by atoms with van der Waals surface area (Å²) < 4.78 is 1.06. The van der Waals surface area contributed by atoms with Crippen LogP contribution in [0.5, 0.6) is 0 Å². The molecule has 0 unspecified atom stereocenters. The summed E-state index contributed by atoms with van der Waals surface area (Å²) in [4.78, 5) is 28.8. The van der Waals surface area contributed by atoms with Crippen molar-refractivity contribution >= 4 is 33.3 Å². The van der Waals surface area contributed by atoms with Crippen LogP contribution in [-0.4, -0.2) is 25.9 Å². The van der Waals surface area contributed by atoms with E-state index in [0.29, 0.717) is 16.6 Å². The first-order chi connectivity index (χ1) is 12.2. The molecule has 0 fully saturated rings. The molecule has 0 saturated heterocycles. The molecule has 1 N–H and O–H groups in total. The molecule has 2 heterocycles. The first kappa shape index (κ1) is 14.9. The number of nitrogens with zero attached hydrogens (tertiary/aromatic N) is 4. The third-order valence-electron chi connectivity index (χ3n) is 3.88. The van der Waals surface area contributed by atoms with Gasteiger partial charge < -0.3 is 5.32 Å².